The van der Waals surface area contributed by atoms with Crippen LogP contribution in [0.15, 0.2) is 12.1 Å². The van der Waals surface area contributed by atoms with Crippen molar-refractivity contribution in [2.24, 2.45) is 0 Å². The van der Waals surface area contributed by atoms with Crippen LogP contribution < -0.4 is 14.8 Å². The number of fused-ring (bicyclic) bond motifs is 1. The number of cyclic esters (lactones) is 1. The summed E-state index contributed by atoms with van der Waals surface area (Å²) in [5.41, 5.74) is 0.704. The Balaban J connectivity index is 1.58. The summed E-state index contributed by atoms with van der Waals surface area (Å²) in [6.07, 6.45) is 1.51. The van der Waals surface area contributed by atoms with Crippen LogP contribution in [0.1, 0.15) is 47.8 Å². The Labute approximate surface area is 168 Å². The van der Waals surface area contributed by atoms with E-state index in [1.807, 2.05) is 0 Å². The molecular weight excluding hydrogens is 380 g/mol. The zero-order valence-electron chi connectivity index (χ0n) is 16.4. The van der Waals surface area contributed by atoms with E-state index in [0.717, 1.165) is 12.8 Å². The van der Waals surface area contributed by atoms with E-state index in [1.165, 1.54) is 19.1 Å². The topological polar surface area (TPSA) is 103 Å². The first-order chi connectivity index (χ1) is 14.0. The highest BCUT2D eigenvalue weighted by Gasteiger charge is 2.47. The van der Waals surface area contributed by atoms with Gasteiger partial charge < -0.3 is 24.3 Å². The maximum Gasteiger partial charge on any atom is 0.344 e. The van der Waals surface area contributed by atoms with E-state index in [-0.39, 0.29) is 35.7 Å². The Morgan fingerprint density at radius 1 is 1.24 bits per heavy atom. The van der Waals surface area contributed by atoms with Crippen LogP contribution in [-0.4, -0.2) is 62.2 Å². The number of benzene rings is 1. The average Bonchev–Trinajstić information content (AvgIpc) is 3.45. The van der Waals surface area contributed by atoms with E-state index in [9.17, 15) is 14.4 Å². The fourth-order valence-electron chi connectivity index (χ4n) is 4.18. The molecule has 0 aliphatic carbocycles. The highest BCUT2D eigenvalue weighted by atomic mass is 16.6. The Morgan fingerprint density at radius 3 is 2.76 bits per heavy atom. The van der Waals surface area contributed by atoms with Crippen molar-refractivity contribution in [2.45, 2.75) is 44.1 Å². The van der Waals surface area contributed by atoms with Crippen LogP contribution in [0, 0.1) is 0 Å². The van der Waals surface area contributed by atoms with Gasteiger partial charge in [0.25, 0.3) is 0 Å². The minimum Gasteiger partial charge on any atom is -0.493 e. The van der Waals surface area contributed by atoms with Crippen LogP contribution >= 0.6 is 0 Å². The first kappa shape index (κ1) is 19.5. The van der Waals surface area contributed by atoms with Crippen molar-refractivity contribution in [3.05, 3.63) is 23.3 Å². The lowest BCUT2D eigenvalue weighted by Gasteiger charge is -2.29. The molecule has 4 rings (SSSR count). The first-order valence-corrected chi connectivity index (χ1v) is 9.71. The summed E-state index contributed by atoms with van der Waals surface area (Å²) in [5.74, 6) is -0.469. The number of carbonyl (C=O) groups is 3. The molecule has 0 radical (unpaired) electrons. The standard InChI is InChI=1S/C20H24N2O7/c1-26-14-7-5-12-16(17(14)27-2)20(25)29-19(12)22-13(6-8-15(22)23)18(24)21-10-11-4-3-9-28-11/h5,7,11,13,19H,3-4,6,8-10H2,1-2H3,(H,21,24)/t11-,13-,19+/m1/s1. The summed E-state index contributed by atoms with van der Waals surface area (Å²) in [5, 5.41) is 2.87. The van der Waals surface area contributed by atoms with Crippen molar-refractivity contribution in [3.8, 4) is 11.5 Å². The Bertz CT molecular complexity index is 834. The second-order valence-electron chi connectivity index (χ2n) is 7.26. The van der Waals surface area contributed by atoms with Crippen molar-refractivity contribution in [2.75, 3.05) is 27.4 Å². The quantitative estimate of drug-likeness (QED) is 0.710. The van der Waals surface area contributed by atoms with Crippen LogP contribution in [0.25, 0.3) is 0 Å². The van der Waals surface area contributed by atoms with Gasteiger partial charge in [-0.2, -0.15) is 0 Å². The lowest BCUT2D eigenvalue weighted by molar-refractivity contribution is -0.145. The summed E-state index contributed by atoms with van der Waals surface area (Å²) in [4.78, 5) is 39.3. The number of likely N-dealkylation sites (tertiary alicyclic amines) is 1. The zero-order chi connectivity index (χ0) is 20.5. The van der Waals surface area contributed by atoms with Crippen LogP contribution in [0.3, 0.4) is 0 Å². The van der Waals surface area contributed by atoms with Crippen molar-refractivity contribution in [1.29, 1.82) is 0 Å². The molecule has 9 heteroatoms. The van der Waals surface area contributed by atoms with E-state index >= 15 is 0 Å². The molecule has 1 N–H and O–H groups in total. The van der Waals surface area contributed by atoms with Gasteiger partial charge in [-0.1, -0.05) is 0 Å². The van der Waals surface area contributed by atoms with Gasteiger partial charge in [-0.3, -0.25) is 14.5 Å². The maximum atomic E-state index is 12.8. The molecule has 0 spiro atoms. The molecule has 9 nitrogen and oxygen atoms in total. The lowest BCUT2D eigenvalue weighted by atomic mass is 10.1. The molecule has 29 heavy (non-hydrogen) atoms. The molecule has 0 saturated carbocycles. The van der Waals surface area contributed by atoms with Gasteiger partial charge in [0.2, 0.25) is 18.0 Å². The van der Waals surface area contributed by atoms with Crippen molar-refractivity contribution < 1.29 is 33.3 Å². The number of rotatable bonds is 6. The molecule has 156 valence electrons. The summed E-state index contributed by atoms with van der Waals surface area (Å²) >= 11 is 0. The highest BCUT2D eigenvalue weighted by Crippen LogP contribution is 2.45. The van der Waals surface area contributed by atoms with E-state index in [2.05, 4.69) is 5.32 Å². The summed E-state index contributed by atoms with van der Waals surface area (Å²) in [7, 11) is 2.90. The molecule has 1 aromatic rings. The number of hydrogen-bond acceptors (Lipinski definition) is 7. The van der Waals surface area contributed by atoms with Crippen LogP contribution in [0.2, 0.25) is 0 Å². The lowest BCUT2D eigenvalue weighted by Crippen LogP contribution is -2.47. The predicted molar refractivity (Wildman–Crippen MR) is 99.6 cm³/mol. The number of hydrogen-bond donors (Lipinski definition) is 1. The minimum atomic E-state index is -0.967. The largest absolute Gasteiger partial charge is 0.493 e. The van der Waals surface area contributed by atoms with Gasteiger partial charge in [0.15, 0.2) is 11.5 Å². The average molecular weight is 404 g/mol. The molecule has 3 heterocycles. The third kappa shape index (κ3) is 3.39. The van der Waals surface area contributed by atoms with E-state index in [0.29, 0.717) is 30.9 Å². The van der Waals surface area contributed by atoms with Gasteiger partial charge in [0.05, 0.1) is 20.3 Å². The Morgan fingerprint density at radius 2 is 2.07 bits per heavy atom. The SMILES string of the molecule is COc1ccc2c(c1OC)C(=O)O[C@@H]2N1C(=O)CC[C@@H]1C(=O)NC[C@H]1CCCO1. The molecule has 1 aromatic carbocycles. The monoisotopic (exact) mass is 404 g/mol. The van der Waals surface area contributed by atoms with Gasteiger partial charge in [-0.05, 0) is 31.4 Å². The van der Waals surface area contributed by atoms with Crippen LogP contribution in [0.4, 0.5) is 0 Å². The first-order valence-electron chi connectivity index (χ1n) is 9.71. The smallest absolute Gasteiger partial charge is 0.344 e. The molecule has 2 fully saturated rings. The van der Waals surface area contributed by atoms with Crippen molar-refractivity contribution >= 4 is 17.8 Å². The number of nitrogens with zero attached hydrogens (tertiary/aromatic N) is 1. The highest BCUT2D eigenvalue weighted by molar-refractivity contribution is 5.99. The molecule has 3 atom stereocenters. The van der Waals surface area contributed by atoms with Crippen molar-refractivity contribution in [3.63, 3.8) is 0 Å². The van der Waals surface area contributed by atoms with E-state index in [1.54, 1.807) is 12.1 Å². The number of nitrogens with one attached hydrogen (secondary N) is 1. The van der Waals surface area contributed by atoms with E-state index in [4.69, 9.17) is 18.9 Å². The van der Waals surface area contributed by atoms with Crippen LogP contribution in [-0.2, 0) is 19.1 Å². The second-order valence-corrected chi connectivity index (χ2v) is 7.26. The molecule has 2 saturated heterocycles. The molecule has 0 bridgehead atoms. The molecule has 3 aliphatic heterocycles. The van der Waals surface area contributed by atoms with Gasteiger partial charge >= 0.3 is 5.97 Å². The molecular formula is C20H24N2O7. The zero-order valence-corrected chi connectivity index (χ0v) is 16.4. The summed E-state index contributed by atoms with van der Waals surface area (Å²) < 4.78 is 21.6. The Kier molecular flexibility index (Phi) is 5.31. The third-order valence-corrected chi connectivity index (χ3v) is 5.61. The van der Waals surface area contributed by atoms with Crippen LogP contribution in [0.5, 0.6) is 11.5 Å². The minimum absolute atomic E-state index is 0.00580. The van der Waals surface area contributed by atoms with Gasteiger partial charge in [0, 0.05) is 25.1 Å². The van der Waals surface area contributed by atoms with Crippen molar-refractivity contribution in [1.82, 2.24) is 10.2 Å². The molecule has 2 amide bonds. The number of esters is 1. The summed E-state index contributed by atoms with van der Waals surface area (Å²) in [6.45, 7) is 1.11. The van der Waals surface area contributed by atoms with Gasteiger partial charge in [-0.25, -0.2) is 4.79 Å². The second kappa shape index (κ2) is 7.90. The normalized spacial score (nSPS) is 25.7. The molecule has 0 aromatic heterocycles. The van der Waals surface area contributed by atoms with Gasteiger partial charge in [-0.15, -0.1) is 0 Å². The van der Waals surface area contributed by atoms with Gasteiger partial charge in [0.1, 0.15) is 11.6 Å². The fourth-order valence-corrected chi connectivity index (χ4v) is 4.18. The summed E-state index contributed by atoms with van der Waals surface area (Å²) in [6, 6.07) is 2.61. The number of ether oxygens (including phenoxy) is 4. The number of amides is 2. The number of carbonyl (C=O) groups excluding carboxylic acids is 3. The third-order valence-electron chi connectivity index (χ3n) is 5.61. The Hall–Kier alpha value is -2.81. The maximum absolute atomic E-state index is 12.8. The van der Waals surface area contributed by atoms with E-state index < -0.39 is 18.2 Å². The molecule has 3 aliphatic rings. The predicted octanol–water partition coefficient (Wildman–Crippen LogP) is 1.16. The molecule has 0 unspecified atom stereocenters. The number of methoxy groups -OCH3 is 2. The fraction of sp³-hybridized carbons (Fsp3) is 0.550.